The average Bonchev–Trinajstić information content (AvgIpc) is 3.23. The number of halogens is 1. The number of nitrogen functional groups attached to an aromatic ring is 1. The van der Waals surface area contributed by atoms with Gasteiger partial charge in [-0.3, -0.25) is 0 Å². The monoisotopic (exact) mass is 341 g/mol. The first-order valence-electron chi connectivity index (χ1n) is 7.22. The topological polar surface area (TPSA) is 43.8 Å². The van der Waals surface area contributed by atoms with Gasteiger partial charge in [0.1, 0.15) is 5.82 Å². The summed E-state index contributed by atoms with van der Waals surface area (Å²) in [7, 11) is 0. The first-order valence-corrected chi connectivity index (χ1v) is 8.01. The molecular formula is C17H16BrN3. The van der Waals surface area contributed by atoms with Crippen molar-refractivity contribution in [2.75, 3.05) is 5.73 Å². The SMILES string of the molecule is Nc1ccccc1Cc1nc2cc(Br)ccc2n1C1CC1. The summed E-state index contributed by atoms with van der Waals surface area (Å²) < 4.78 is 3.47. The zero-order valence-corrected chi connectivity index (χ0v) is 13.2. The van der Waals surface area contributed by atoms with E-state index in [4.69, 9.17) is 10.7 Å². The van der Waals surface area contributed by atoms with E-state index >= 15 is 0 Å². The number of rotatable bonds is 3. The minimum atomic E-state index is 0.608. The highest BCUT2D eigenvalue weighted by Crippen LogP contribution is 2.39. The number of aromatic nitrogens is 2. The van der Waals surface area contributed by atoms with Gasteiger partial charge in [-0.05, 0) is 42.7 Å². The van der Waals surface area contributed by atoms with Crippen molar-refractivity contribution in [2.45, 2.75) is 25.3 Å². The van der Waals surface area contributed by atoms with E-state index in [1.54, 1.807) is 0 Å². The molecule has 0 unspecified atom stereocenters. The van der Waals surface area contributed by atoms with Crippen LogP contribution in [0, 0.1) is 0 Å². The molecule has 0 radical (unpaired) electrons. The lowest BCUT2D eigenvalue weighted by molar-refractivity contribution is 0.716. The van der Waals surface area contributed by atoms with Crippen LogP contribution >= 0.6 is 15.9 Å². The van der Waals surface area contributed by atoms with Crippen LogP contribution in [-0.4, -0.2) is 9.55 Å². The van der Waals surface area contributed by atoms with E-state index in [9.17, 15) is 0 Å². The predicted molar refractivity (Wildman–Crippen MR) is 89.4 cm³/mol. The molecule has 0 saturated heterocycles. The fourth-order valence-electron chi connectivity index (χ4n) is 2.85. The Morgan fingerprint density at radius 3 is 2.76 bits per heavy atom. The highest BCUT2D eigenvalue weighted by atomic mass is 79.9. The molecular weight excluding hydrogens is 326 g/mol. The van der Waals surface area contributed by atoms with Gasteiger partial charge >= 0.3 is 0 Å². The van der Waals surface area contributed by atoms with Crippen LogP contribution in [0.1, 0.15) is 30.3 Å². The van der Waals surface area contributed by atoms with E-state index < -0.39 is 0 Å². The summed E-state index contributed by atoms with van der Waals surface area (Å²) in [6, 6.07) is 15.0. The number of nitrogens with two attached hydrogens (primary N) is 1. The van der Waals surface area contributed by atoms with Crippen molar-refractivity contribution in [2.24, 2.45) is 0 Å². The van der Waals surface area contributed by atoms with Crippen molar-refractivity contribution in [3.8, 4) is 0 Å². The van der Waals surface area contributed by atoms with Crippen LogP contribution in [0.15, 0.2) is 46.9 Å². The molecule has 2 aromatic carbocycles. The van der Waals surface area contributed by atoms with E-state index in [1.165, 1.54) is 18.4 Å². The number of benzene rings is 2. The van der Waals surface area contributed by atoms with Gasteiger partial charge < -0.3 is 10.3 Å². The van der Waals surface area contributed by atoms with Crippen molar-refractivity contribution in [3.05, 3.63) is 58.3 Å². The Hall–Kier alpha value is -1.81. The smallest absolute Gasteiger partial charge is 0.114 e. The molecule has 1 aliphatic rings. The second-order valence-corrected chi connectivity index (χ2v) is 6.55. The van der Waals surface area contributed by atoms with E-state index in [0.29, 0.717) is 6.04 Å². The van der Waals surface area contributed by atoms with Crippen molar-refractivity contribution in [1.82, 2.24) is 9.55 Å². The second-order valence-electron chi connectivity index (χ2n) is 5.64. The van der Waals surface area contributed by atoms with Gasteiger partial charge in [-0.1, -0.05) is 34.1 Å². The minimum absolute atomic E-state index is 0.608. The van der Waals surface area contributed by atoms with Crippen LogP contribution < -0.4 is 5.73 Å². The lowest BCUT2D eigenvalue weighted by atomic mass is 10.1. The van der Waals surface area contributed by atoms with Gasteiger partial charge in [0.2, 0.25) is 0 Å². The van der Waals surface area contributed by atoms with Crippen LogP contribution in [-0.2, 0) is 6.42 Å². The summed E-state index contributed by atoms with van der Waals surface area (Å²) in [5, 5.41) is 0. The molecule has 1 heterocycles. The largest absolute Gasteiger partial charge is 0.398 e. The third-order valence-corrected chi connectivity index (χ3v) is 4.53. The van der Waals surface area contributed by atoms with Gasteiger partial charge in [0, 0.05) is 22.6 Å². The Bertz CT molecular complexity index is 818. The standard InChI is InChI=1S/C17H16BrN3/c18-12-5-8-16-15(10-12)20-17(21(16)13-6-7-13)9-11-3-1-2-4-14(11)19/h1-5,8,10,13H,6-7,9,19H2. The summed E-state index contributed by atoms with van der Waals surface area (Å²) in [4.78, 5) is 4.85. The van der Waals surface area contributed by atoms with E-state index in [2.05, 4.69) is 44.8 Å². The third-order valence-electron chi connectivity index (χ3n) is 4.04. The van der Waals surface area contributed by atoms with E-state index in [1.807, 2.05) is 18.2 Å². The number of para-hydroxylation sites is 1. The quantitative estimate of drug-likeness (QED) is 0.721. The molecule has 3 aromatic rings. The highest BCUT2D eigenvalue weighted by molar-refractivity contribution is 9.10. The van der Waals surface area contributed by atoms with Gasteiger partial charge in [0.05, 0.1) is 11.0 Å². The lowest BCUT2D eigenvalue weighted by Crippen LogP contribution is -2.04. The molecule has 1 aliphatic carbocycles. The molecule has 1 fully saturated rings. The molecule has 0 atom stereocenters. The van der Waals surface area contributed by atoms with Crippen LogP contribution in [0.2, 0.25) is 0 Å². The van der Waals surface area contributed by atoms with Gasteiger partial charge in [-0.25, -0.2) is 4.98 Å². The van der Waals surface area contributed by atoms with Gasteiger partial charge in [0.25, 0.3) is 0 Å². The Morgan fingerprint density at radius 1 is 1.19 bits per heavy atom. The summed E-state index contributed by atoms with van der Waals surface area (Å²) in [6.07, 6.45) is 3.28. The van der Waals surface area contributed by atoms with Crippen molar-refractivity contribution >= 4 is 32.7 Å². The maximum absolute atomic E-state index is 6.08. The molecule has 4 heteroatoms. The molecule has 21 heavy (non-hydrogen) atoms. The predicted octanol–water partition coefficient (Wildman–Crippen LogP) is 4.31. The average molecular weight is 342 g/mol. The maximum atomic E-state index is 6.08. The number of hydrogen-bond acceptors (Lipinski definition) is 2. The van der Waals surface area contributed by atoms with Crippen molar-refractivity contribution in [3.63, 3.8) is 0 Å². The molecule has 4 rings (SSSR count). The number of hydrogen-bond donors (Lipinski definition) is 1. The minimum Gasteiger partial charge on any atom is -0.398 e. The van der Waals surface area contributed by atoms with Gasteiger partial charge in [0.15, 0.2) is 0 Å². The molecule has 3 nitrogen and oxygen atoms in total. The van der Waals surface area contributed by atoms with Crippen molar-refractivity contribution < 1.29 is 0 Å². The lowest BCUT2D eigenvalue weighted by Gasteiger charge is -2.09. The van der Waals surface area contributed by atoms with E-state index in [-0.39, 0.29) is 0 Å². The van der Waals surface area contributed by atoms with Gasteiger partial charge in [-0.15, -0.1) is 0 Å². The number of imidazole rings is 1. The molecule has 1 saturated carbocycles. The maximum Gasteiger partial charge on any atom is 0.114 e. The third kappa shape index (κ3) is 2.33. The Kier molecular flexibility index (Phi) is 3.00. The highest BCUT2D eigenvalue weighted by Gasteiger charge is 2.28. The summed E-state index contributed by atoms with van der Waals surface area (Å²) in [6.45, 7) is 0. The molecule has 106 valence electrons. The molecule has 0 bridgehead atoms. The zero-order valence-electron chi connectivity index (χ0n) is 11.6. The normalized spacial score (nSPS) is 14.7. The molecule has 0 spiro atoms. The number of fused-ring (bicyclic) bond motifs is 1. The van der Waals surface area contributed by atoms with Crippen LogP contribution in [0.25, 0.3) is 11.0 Å². The van der Waals surface area contributed by atoms with Gasteiger partial charge in [-0.2, -0.15) is 0 Å². The number of anilines is 1. The Labute approximate surface area is 131 Å². The first kappa shape index (κ1) is 12.9. The van der Waals surface area contributed by atoms with Crippen molar-refractivity contribution in [1.29, 1.82) is 0 Å². The zero-order chi connectivity index (χ0) is 14.4. The van der Waals surface area contributed by atoms with Crippen LogP contribution in [0.5, 0.6) is 0 Å². The summed E-state index contributed by atoms with van der Waals surface area (Å²) in [5.41, 5.74) is 10.4. The van der Waals surface area contributed by atoms with Crippen LogP contribution in [0.4, 0.5) is 5.69 Å². The first-order chi connectivity index (χ1) is 10.2. The fraction of sp³-hybridized carbons (Fsp3) is 0.235. The molecule has 0 amide bonds. The molecule has 2 N–H and O–H groups in total. The Balaban J connectivity index is 1.84. The molecule has 0 aliphatic heterocycles. The van der Waals surface area contributed by atoms with E-state index in [0.717, 1.165) is 33.5 Å². The second kappa shape index (κ2) is 4.88. The van der Waals surface area contributed by atoms with Crippen LogP contribution in [0.3, 0.4) is 0 Å². The Morgan fingerprint density at radius 2 is 2.00 bits per heavy atom. The summed E-state index contributed by atoms with van der Waals surface area (Å²) >= 11 is 3.53. The fourth-order valence-corrected chi connectivity index (χ4v) is 3.20. The molecule has 1 aromatic heterocycles. The number of nitrogens with zero attached hydrogens (tertiary/aromatic N) is 2. The summed E-state index contributed by atoms with van der Waals surface area (Å²) in [5.74, 6) is 1.11.